The van der Waals surface area contributed by atoms with Crippen LogP contribution in [0.3, 0.4) is 0 Å². The summed E-state index contributed by atoms with van der Waals surface area (Å²) in [6, 6.07) is 14.8. The van der Waals surface area contributed by atoms with E-state index in [4.69, 9.17) is 0 Å². The van der Waals surface area contributed by atoms with Crippen LogP contribution in [0.25, 0.3) is 22.2 Å². The summed E-state index contributed by atoms with van der Waals surface area (Å²) in [6.45, 7) is 2.38. The van der Waals surface area contributed by atoms with E-state index in [9.17, 15) is 18.0 Å². The molecule has 0 radical (unpaired) electrons. The highest BCUT2D eigenvalue weighted by atomic mass is 19.4. The molecule has 2 aromatic heterocycles. The number of benzene rings is 2. The number of carbonyl (C=O) groups excluding carboxylic acids is 1. The van der Waals surface area contributed by atoms with Crippen LogP contribution in [0.1, 0.15) is 34.6 Å². The maximum atomic E-state index is 13.4. The van der Waals surface area contributed by atoms with Crippen LogP contribution < -0.4 is 4.74 Å². The van der Waals surface area contributed by atoms with Gasteiger partial charge >= 0.3 is 6.36 Å². The maximum absolute atomic E-state index is 13.4. The first-order valence-corrected chi connectivity index (χ1v) is 10.8. The van der Waals surface area contributed by atoms with Gasteiger partial charge in [0.25, 0.3) is 5.91 Å². The number of rotatable bonds is 3. The monoisotopic (exact) mass is 466 g/mol. The first kappa shape index (κ1) is 21.9. The predicted octanol–water partition coefficient (Wildman–Crippen LogP) is 5.29. The SMILES string of the molecule is C[C@H]1c2nn(C)c(-c3cccc(OC(F)(F)F)c3)c2CCN1C(=O)c1ccc2ncccc2c1. The Morgan fingerprint density at radius 2 is 1.94 bits per heavy atom. The van der Waals surface area contributed by atoms with Gasteiger partial charge in [-0.1, -0.05) is 18.2 Å². The van der Waals surface area contributed by atoms with Crippen molar-refractivity contribution in [2.45, 2.75) is 25.7 Å². The Kier molecular flexibility index (Phi) is 5.27. The fourth-order valence-electron chi connectivity index (χ4n) is 4.60. The largest absolute Gasteiger partial charge is 0.573 e. The summed E-state index contributed by atoms with van der Waals surface area (Å²) in [7, 11) is 1.75. The minimum Gasteiger partial charge on any atom is -0.406 e. The molecule has 0 fully saturated rings. The number of hydrogen-bond donors (Lipinski definition) is 0. The summed E-state index contributed by atoms with van der Waals surface area (Å²) in [5.74, 6) is -0.386. The molecule has 0 saturated heterocycles. The zero-order valence-electron chi connectivity index (χ0n) is 18.5. The Hall–Kier alpha value is -3.88. The second-order valence-corrected chi connectivity index (χ2v) is 8.25. The topological polar surface area (TPSA) is 60.2 Å². The maximum Gasteiger partial charge on any atom is 0.573 e. The van der Waals surface area contributed by atoms with Gasteiger partial charge in [0.15, 0.2) is 0 Å². The highest BCUT2D eigenvalue weighted by Crippen LogP contribution is 2.37. The number of hydrogen-bond acceptors (Lipinski definition) is 4. The summed E-state index contributed by atoms with van der Waals surface area (Å²) in [4.78, 5) is 19.4. The summed E-state index contributed by atoms with van der Waals surface area (Å²) in [5, 5.41) is 5.53. The average Bonchev–Trinajstić information content (AvgIpc) is 3.14. The molecule has 3 heterocycles. The fraction of sp³-hybridized carbons (Fsp3) is 0.240. The normalized spacial score (nSPS) is 15.9. The first-order valence-electron chi connectivity index (χ1n) is 10.8. The number of aryl methyl sites for hydroxylation is 1. The van der Waals surface area contributed by atoms with E-state index in [2.05, 4.69) is 14.8 Å². The first-order chi connectivity index (χ1) is 16.2. The third-order valence-corrected chi connectivity index (χ3v) is 6.09. The van der Waals surface area contributed by atoms with E-state index >= 15 is 0 Å². The van der Waals surface area contributed by atoms with Gasteiger partial charge in [-0.3, -0.25) is 14.5 Å². The van der Waals surface area contributed by atoms with Crippen molar-refractivity contribution in [3.05, 3.63) is 77.6 Å². The van der Waals surface area contributed by atoms with Crippen molar-refractivity contribution in [3.63, 3.8) is 0 Å². The van der Waals surface area contributed by atoms with Crippen molar-refractivity contribution < 1.29 is 22.7 Å². The van der Waals surface area contributed by atoms with Gasteiger partial charge < -0.3 is 9.64 Å². The van der Waals surface area contributed by atoms with Crippen LogP contribution in [0, 0.1) is 0 Å². The van der Waals surface area contributed by atoms with Crippen molar-refractivity contribution in [1.29, 1.82) is 0 Å². The van der Waals surface area contributed by atoms with Gasteiger partial charge in [-0.15, -0.1) is 13.2 Å². The Bertz CT molecular complexity index is 1400. The van der Waals surface area contributed by atoms with Crippen LogP contribution in [-0.4, -0.2) is 38.5 Å². The number of ether oxygens (including phenoxy) is 1. The third-order valence-electron chi connectivity index (χ3n) is 6.09. The summed E-state index contributed by atoms with van der Waals surface area (Å²) < 4.78 is 43.8. The molecule has 0 aliphatic carbocycles. The number of amides is 1. The van der Waals surface area contributed by atoms with Gasteiger partial charge in [0.05, 0.1) is 22.9 Å². The van der Waals surface area contributed by atoms with E-state index in [0.717, 1.165) is 27.9 Å². The lowest BCUT2D eigenvalue weighted by Gasteiger charge is -2.33. The van der Waals surface area contributed by atoms with Crippen LogP contribution in [-0.2, 0) is 13.5 Å². The van der Waals surface area contributed by atoms with Gasteiger partial charge in [0.2, 0.25) is 0 Å². The van der Waals surface area contributed by atoms with E-state index in [-0.39, 0.29) is 17.7 Å². The molecule has 0 saturated carbocycles. The second-order valence-electron chi connectivity index (χ2n) is 8.25. The lowest BCUT2D eigenvalue weighted by atomic mass is 9.95. The summed E-state index contributed by atoms with van der Waals surface area (Å²) in [5.41, 5.74) is 4.35. The third kappa shape index (κ3) is 3.98. The zero-order chi connectivity index (χ0) is 24.0. The van der Waals surface area contributed by atoms with E-state index in [0.29, 0.717) is 24.1 Å². The Balaban J connectivity index is 1.46. The quantitative estimate of drug-likeness (QED) is 0.412. The van der Waals surface area contributed by atoms with Crippen LogP contribution in [0.2, 0.25) is 0 Å². The molecule has 1 atom stereocenters. The molecule has 2 aromatic carbocycles. The number of pyridine rings is 1. The summed E-state index contributed by atoms with van der Waals surface area (Å²) in [6.07, 6.45) is -2.52. The molecule has 4 aromatic rings. The molecule has 174 valence electrons. The zero-order valence-corrected chi connectivity index (χ0v) is 18.5. The van der Waals surface area contributed by atoms with Gasteiger partial charge in [-0.05, 0) is 49.7 Å². The molecule has 1 aliphatic rings. The molecule has 0 N–H and O–H groups in total. The number of halogens is 3. The van der Waals surface area contributed by atoms with Crippen LogP contribution in [0.15, 0.2) is 60.8 Å². The predicted molar refractivity (Wildman–Crippen MR) is 120 cm³/mol. The molecule has 1 aliphatic heterocycles. The second kappa shape index (κ2) is 8.16. The standard InChI is InChI=1S/C25H21F3N4O2/c1-15-22-20(23(31(2)30-22)17-5-3-7-19(14-17)34-25(26,27)28)10-12-32(15)24(33)18-8-9-21-16(13-18)6-4-11-29-21/h3-9,11,13-15H,10,12H2,1-2H3/t15-/m0/s1. The Morgan fingerprint density at radius 1 is 1.12 bits per heavy atom. The van der Waals surface area contributed by atoms with Crippen LogP contribution in [0.4, 0.5) is 13.2 Å². The minimum absolute atomic E-state index is 0.100. The van der Waals surface area contributed by atoms with Crippen molar-refractivity contribution in [2.75, 3.05) is 6.54 Å². The van der Waals surface area contributed by atoms with E-state index in [1.807, 2.05) is 31.2 Å². The lowest BCUT2D eigenvalue weighted by Crippen LogP contribution is -2.38. The fourth-order valence-corrected chi connectivity index (χ4v) is 4.60. The molecular weight excluding hydrogens is 445 g/mol. The molecule has 9 heteroatoms. The molecule has 1 amide bonds. The molecule has 34 heavy (non-hydrogen) atoms. The highest BCUT2D eigenvalue weighted by molar-refractivity contribution is 5.98. The van der Waals surface area contributed by atoms with Gasteiger partial charge in [-0.25, -0.2) is 0 Å². The smallest absolute Gasteiger partial charge is 0.406 e. The number of carbonyl (C=O) groups is 1. The van der Waals surface area contributed by atoms with Crippen LogP contribution >= 0.6 is 0 Å². The van der Waals surface area contributed by atoms with Crippen molar-refractivity contribution >= 4 is 16.8 Å². The molecule has 0 unspecified atom stereocenters. The van der Waals surface area contributed by atoms with Gasteiger partial charge in [-0.2, -0.15) is 5.10 Å². The van der Waals surface area contributed by atoms with E-state index in [1.54, 1.807) is 35.0 Å². The molecule has 5 rings (SSSR count). The van der Waals surface area contributed by atoms with Gasteiger partial charge in [0.1, 0.15) is 5.75 Å². The Morgan fingerprint density at radius 3 is 2.74 bits per heavy atom. The number of fused-ring (bicyclic) bond motifs is 2. The van der Waals surface area contributed by atoms with E-state index < -0.39 is 6.36 Å². The number of aromatic nitrogens is 3. The highest BCUT2D eigenvalue weighted by Gasteiger charge is 2.34. The van der Waals surface area contributed by atoms with Crippen molar-refractivity contribution in [1.82, 2.24) is 19.7 Å². The summed E-state index contributed by atoms with van der Waals surface area (Å²) >= 11 is 0. The minimum atomic E-state index is -4.77. The van der Waals surface area contributed by atoms with Crippen molar-refractivity contribution in [3.8, 4) is 17.0 Å². The molecule has 0 spiro atoms. The van der Waals surface area contributed by atoms with Gasteiger partial charge in [0, 0.05) is 41.9 Å². The molecular formula is C25H21F3N4O2. The molecule has 6 nitrogen and oxygen atoms in total. The Labute approximate surface area is 193 Å². The molecule has 0 bridgehead atoms. The van der Waals surface area contributed by atoms with Crippen molar-refractivity contribution in [2.24, 2.45) is 7.05 Å². The van der Waals surface area contributed by atoms with Crippen LogP contribution in [0.5, 0.6) is 5.75 Å². The lowest BCUT2D eigenvalue weighted by molar-refractivity contribution is -0.274. The number of nitrogens with zero attached hydrogens (tertiary/aromatic N) is 4. The van der Waals surface area contributed by atoms with E-state index in [1.165, 1.54) is 18.2 Å². The average molecular weight is 466 g/mol. The number of alkyl halides is 3.